The highest BCUT2D eigenvalue weighted by atomic mass is 28.4. The molecule has 0 fully saturated rings. The van der Waals surface area contributed by atoms with Gasteiger partial charge in [0, 0.05) is 31.6 Å². The van der Waals surface area contributed by atoms with Crippen LogP contribution in [-0.4, -0.2) is 46.7 Å². The molecule has 0 radical (unpaired) electrons. The van der Waals surface area contributed by atoms with Crippen LogP contribution in [-0.2, 0) is 17.7 Å². The summed E-state index contributed by atoms with van der Waals surface area (Å²) in [6, 6.07) is 0. The highest BCUT2D eigenvalue weighted by Crippen LogP contribution is 2.33. The smallest absolute Gasteiger partial charge is 0.355 e. The topological polar surface area (TPSA) is 36.9 Å². The van der Waals surface area contributed by atoms with E-state index in [-0.39, 0.29) is 11.1 Å². The van der Waals surface area contributed by atoms with E-state index in [9.17, 15) is 0 Å². The monoisotopic (exact) mass is 364 g/mol. The molecule has 0 rings (SSSR count). The first kappa shape index (κ1) is 23.3. The van der Waals surface area contributed by atoms with Crippen LogP contribution in [0, 0.1) is 0 Å². The van der Waals surface area contributed by atoms with E-state index >= 15 is 0 Å². The maximum absolute atomic E-state index is 6.22. The van der Waals surface area contributed by atoms with Crippen LogP contribution in [0.25, 0.3) is 0 Å². The van der Waals surface area contributed by atoms with Gasteiger partial charge in [0.15, 0.2) is 0 Å². The van der Waals surface area contributed by atoms with Crippen LogP contribution in [0.5, 0.6) is 0 Å². The molecule has 0 aliphatic carbocycles. The summed E-state index contributed by atoms with van der Waals surface area (Å²) in [5, 5.41) is 0.176. The Hall–Kier alpha value is 0.274. The van der Waals surface area contributed by atoms with E-state index in [0.29, 0.717) is 0 Å². The number of hydrogen-bond donors (Lipinski definition) is 0. The summed E-state index contributed by atoms with van der Waals surface area (Å²) in [5.41, 5.74) is 0. The summed E-state index contributed by atoms with van der Waals surface area (Å²) >= 11 is 0. The third-order valence-corrected chi connectivity index (χ3v) is 7.04. The van der Waals surface area contributed by atoms with Crippen LogP contribution in [0.15, 0.2) is 0 Å². The van der Waals surface area contributed by atoms with Crippen molar-refractivity contribution in [1.82, 2.24) is 0 Å². The van der Waals surface area contributed by atoms with E-state index < -0.39 is 9.05 Å². The third kappa shape index (κ3) is 9.99. The maximum atomic E-state index is 6.22. The van der Waals surface area contributed by atoms with Gasteiger partial charge < -0.3 is 17.7 Å². The van der Waals surface area contributed by atoms with Crippen LogP contribution in [0.3, 0.4) is 0 Å². The fourth-order valence-electron chi connectivity index (χ4n) is 2.70. The van der Waals surface area contributed by atoms with Gasteiger partial charge in [-0.05, 0) is 11.5 Å². The minimum Gasteiger partial charge on any atom is -0.355 e. The minimum absolute atomic E-state index is 0.140. The molecule has 6 heteroatoms. The van der Waals surface area contributed by atoms with Crippen molar-refractivity contribution in [3.8, 4) is 0 Å². The second kappa shape index (κ2) is 12.6. The van der Waals surface area contributed by atoms with Crippen LogP contribution in [0.2, 0.25) is 5.04 Å². The van der Waals surface area contributed by atoms with Crippen molar-refractivity contribution in [3.63, 3.8) is 0 Å². The first-order chi connectivity index (χ1) is 10.8. The van der Waals surface area contributed by atoms with Gasteiger partial charge in [-0.15, -0.1) is 0 Å². The molecule has 0 heterocycles. The average Bonchev–Trinajstić information content (AvgIpc) is 2.52. The van der Waals surface area contributed by atoms with Gasteiger partial charge in [-0.2, -0.15) is 0 Å². The Labute approximate surface area is 148 Å². The highest BCUT2D eigenvalue weighted by molar-refractivity contribution is 6.53. The molecule has 0 bridgehead atoms. The zero-order chi connectivity index (χ0) is 17.8. The second-order valence-corrected chi connectivity index (χ2v) is 12.4. The van der Waals surface area contributed by atoms with Gasteiger partial charge in [0.25, 0.3) is 0 Å². The predicted octanol–water partition coefficient (Wildman–Crippen LogP) is 3.84. The molecular formula is C17H40O4Si2. The Morgan fingerprint density at radius 2 is 1.26 bits per heavy atom. The quantitative estimate of drug-likeness (QED) is 0.327. The van der Waals surface area contributed by atoms with Gasteiger partial charge in [-0.1, -0.05) is 72.1 Å². The van der Waals surface area contributed by atoms with Crippen LogP contribution >= 0.6 is 0 Å². The van der Waals surface area contributed by atoms with E-state index in [0.717, 1.165) is 16.7 Å². The molecule has 0 amide bonds. The average molecular weight is 365 g/mol. The van der Waals surface area contributed by atoms with Gasteiger partial charge in [0.1, 0.15) is 0 Å². The van der Waals surface area contributed by atoms with Gasteiger partial charge in [-0.3, -0.25) is 0 Å². The summed E-state index contributed by atoms with van der Waals surface area (Å²) in [5.74, 6) is 0. The van der Waals surface area contributed by atoms with Crippen molar-refractivity contribution >= 4 is 19.3 Å². The second-order valence-electron chi connectivity index (χ2n) is 7.35. The fraction of sp³-hybridized carbons (Fsp3) is 1.00. The summed E-state index contributed by atoms with van der Waals surface area (Å²) < 4.78 is 22.5. The first-order valence-electron chi connectivity index (χ1n) is 9.18. The maximum Gasteiger partial charge on any atom is 0.679 e. The van der Waals surface area contributed by atoms with Crippen molar-refractivity contribution in [2.75, 3.05) is 21.3 Å². The predicted molar refractivity (Wildman–Crippen MR) is 103 cm³/mol. The molecule has 0 saturated heterocycles. The molecule has 140 valence electrons. The van der Waals surface area contributed by atoms with Crippen molar-refractivity contribution in [1.29, 1.82) is 0 Å². The third-order valence-electron chi connectivity index (χ3n) is 4.32. The molecule has 0 aromatic carbocycles. The van der Waals surface area contributed by atoms with E-state index in [2.05, 4.69) is 20.8 Å². The fourth-order valence-corrected chi connectivity index (χ4v) is 4.95. The standard InChI is InChI=1S/C17H40O4Si2/c1-7-8-9-10-11-12-13-14-15-16(17(2,3)22)21-23(18-4,19-5)20-6/h16H,7-15H2,1-6,22H3. The lowest BCUT2D eigenvalue weighted by Crippen LogP contribution is -2.51. The number of hydrogen-bond acceptors (Lipinski definition) is 4. The van der Waals surface area contributed by atoms with Gasteiger partial charge in [-0.25, -0.2) is 0 Å². The van der Waals surface area contributed by atoms with E-state index in [1.54, 1.807) is 21.3 Å². The Bertz CT molecular complexity index is 270. The largest absolute Gasteiger partial charge is 0.679 e. The molecule has 0 spiro atoms. The summed E-state index contributed by atoms with van der Waals surface area (Å²) in [6.07, 6.45) is 11.8. The Kier molecular flexibility index (Phi) is 12.8. The zero-order valence-electron chi connectivity index (χ0n) is 16.6. The van der Waals surface area contributed by atoms with E-state index in [1.807, 2.05) is 0 Å². The van der Waals surface area contributed by atoms with Crippen molar-refractivity contribution in [3.05, 3.63) is 0 Å². The molecule has 1 unspecified atom stereocenters. The normalized spacial score (nSPS) is 14.3. The molecule has 23 heavy (non-hydrogen) atoms. The SMILES string of the molecule is CCCCCCCCCCC(O[Si](OC)(OC)OC)C(C)(C)[SiH3]. The lowest BCUT2D eigenvalue weighted by Gasteiger charge is -2.36. The molecule has 0 aliphatic rings. The van der Waals surface area contributed by atoms with Crippen LogP contribution < -0.4 is 0 Å². The lowest BCUT2D eigenvalue weighted by molar-refractivity contribution is -0.0350. The van der Waals surface area contributed by atoms with E-state index in [4.69, 9.17) is 17.7 Å². The van der Waals surface area contributed by atoms with Crippen molar-refractivity contribution < 1.29 is 17.7 Å². The molecule has 0 aliphatic heterocycles. The Morgan fingerprint density at radius 3 is 1.65 bits per heavy atom. The van der Waals surface area contributed by atoms with Crippen molar-refractivity contribution in [2.45, 2.75) is 89.7 Å². The number of unbranched alkanes of at least 4 members (excludes halogenated alkanes) is 7. The van der Waals surface area contributed by atoms with Crippen LogP contribution in [0.4, 0.5) is 0 Å². The lowest BCUT2D eigenvalue weighted by atomic mass is 9.99. The zero-order valence-corrected chi connectivity index (χ0v) is 19.6. The molecule has 0 aromatic heterocycles. The Balaban J connectivity index is 4.22. The first-order valence-corrected chi connectivity index (χ1v) is 11.8. The minimum atomic E-state index is -2.96. The molecular weight excluding hydrogens is 324 g/mol. The van der Waals surface area contributed by atoms with Gasteiger partial charge in [0.05, 0.1) is 6.10 Å². The van der Waals surface area contributed by atoms with Crippen LogP contribution in [0.1, 0.15) is 78.6 Å². The van der Waals surface area contributed by atoms with Gasteiger partial charge in [0.2, 0.25) is 0 Å². The van der Waals surface area contributed by atoms with E-state index in [1.165, 1.54) is 51.4 Å². The number of rotatable bonds is 15. The highest BCUT2D eigenvalue weighted by Gasteiger charge is 2.46. The molecule has 4 nitrogen and oxygen atoms in total. The molecule has 0 N–H and O–H groups in total. The van der Waals surface area contributed by atoms with Gasteiger partial charge >= 0.3 is 9.05 Å². The Morgan fingerprint density at radius 1 is 0.826 bits per heavy atom. The summed E-state index contributed by atoms with van der Waals surface area (Å²) in [4.78, 5) is 0. The summed E-state index contributed by atoms with van der Waals surface area (Å²) in [6.45, 7) is 6.78. The molecule has 0 aromatic rings. The molecule has 1 atom stereocenters. The van der Waals surface area contributed by atoms with Crippen molar-refractivity contribution in [2.24, 2.45) is 0 Å². The molecule has 0 saturated carbocycles. The summed E-state index contributed by atoms with van der Waals surface area (Å²) in [7, 11) is 2.92.